The standard InChI is InChI=1S/C13H24N4O2/c1-10(2)5-16(8-13(18)19)7-12-14-9-15-17(12)6-11(3)4/h9-11H,5-8H2,1-4H3,(H,18,19). The minimum absolute atomic E-state index is 0.0344. The molecule has 0 aromatic carbocycles. The molecule has 1 N–H and O–H groups in total. The van der Waals surface area contributed by atoms with Gasteiger partial charge in [0.25, 0.3) is 0 Å². The first-order chi connectivity index (χ1) is 8.88. The Kier molecular flexibility index (Phi) is 5.95. The van der Waals surface area contributed by atoms with Crippen molar-refractivity contribution < 1.29 is 9.90 Å². The normalized spacial score (nSPS) is 11.7. The fourth-order valence-corrected chi connectivity index (χ4v) is 2.00. The molecule has 0 aliphatic rings. The number of carboxylic acids is 1. The van der Waals surface area contributed by atoms with Gasteiger partial charge in [-0.15, -0.1) is 0 Å². The van der Waals surface area contributed by atoms with Gasteiger partial charge in [0.15, 0.2) is 0 Å². The van der Waals surface area contributed by atoms with Crippen LogP contribution in [0.4, 0.5) is 0 Å². The van der Waals surface area contributed by atoms with E-state index in [0.29, 0.717) is 18.4 Å². The first-order valence-electron chi connectivity index (χ1n) is 6.69. The number of aromatic nitrogens is 3. The summed E-state index contributed by atoms with van der Waals surface area (Å²) in [4.78, 5) is 17.0. The van der Waals surface area contributed by atoms with Crippen LogP contribution in [0.15, 0.2) is 6.33 Å². The summed E-state index contributed by atoms with van der Waals surface area (Å²) in [5.74, 6) is 0.922. The van der Waals surface area contributed by atoms with Crippen molar-refractivity contribution >= 4 is 5.97 Å². The molecule has 1 heterocycles. The van der Waals surface area contributed by atoms with Crippen molar-refractivity contribution in [1.82, 2.24) is 19.7 Å². The second-order valence-electron chi connectivity index (χ2n) is 5.71. The molecule has 0 aliphatic carbocycles. The van der Waals surface area contributed by atoms with E-state index in [1.165, 1.54) is 6.33 Å². The first kappa shape index (κ1) is 15.6. The first-order valence-corrected chi connectivity index (χ1v) is 6.69. The lowest BCUT2D eigenvalue weighted by molar-refractivity contribution is -0.138. The lowest BCUT2D eigenvalue weighted by atomic mass is 10.2. The summed E-state index contributed by atoms with van der Waals surface area (Å²) < 4.78 is 1.86. The van der Waals surface area contributed by atoms with Gasteiger partial charge in [-0.2, -0.15) is 5.10 Å². The van der Waals surface area contributed by atoms with Crippen molar-refractivity contribution in [3.63, 3.8) is 0 Å². The van der Waals surface area contributed by atoms with Gasteiger partial charge in [0.2, 0.25) is 0 Å². The average molecular weight is 268 g/mol. The van der Waals surface area contributed by atoms with Crippen LogP contribution in [0.3, 0.4) is 0 Å². The van der Waals surface area contributed by atoms with E-state index in [0.717, 1.165) is 18.9 Å². The number of aliphatic carboxylic acids is 1. The molecule has 0 unspecified atom stereocenters. The van der Waals surface area contributed by atoms with E-state index < -0.39 is 5.97 Å². The van der Waals surface area contributed by atoms with Crippen LogP contribution in [0.25, 0.3) is 0 Å². The molecule has 0 bridgehead atoms. The molecule has 108 valence electrons. The van der Waals surface area contributed by atoms with Crippen molar-refractivity contribution in [2.45, 2.75) is 40.8 Å². The van der Waals surface area contributed by atoms with Crippen LogP contribution < -0.4 is 0 Å². The molecule has 1 rings (SSSR count). The highest BCUT2D eigenvalue weighted by atomic mass is 16.4. The molecule has 1 aromatic heterocycles. The number of hydrogen-bond donors (Lipinski definition) is 1. The van der Waals surface area contributed by atoms with Gasteiger partial charge in [0.1, 0.15) is 12.2 Å². The van der Waals surface area contributed by atoms with Crippen molar-refractivity contribution in [1.29, 1.82) is 0 Å². The van der Waals surface area contributed by atoms with E-state index >= 15 is 0 Å². The molecule has 0 saturated carbocycles. The maximum Gasteiger partial charge on any atom is 0.317 e. The van der Waals surface area contributed by atoms with Gasteiger partial charge in [-0.25, -0.2) is 9.67 Å². The highest BCUT2D eigenvalue weighted by Crippen LogP contribution is 2.07. The minimum atomic E-state index is -0.810. The molecule has 6 nitrogen and oxygen atoms in total. The fourth-order valence-electron chi connectivity index (χ4n) is 2.00. The van der Waals surface area contributed by atoms with Crippen LogP contribution in [0, 0.1) is 11.8 Å². The number of carbonyl (C=O) groups is 1. The molecule has 1 aromatic rings. The number of rotatable bonds is 8. The third kappa shape index (κ3) is 5.83. The van der Waals surface area contributed by atoms with Gasteiger partial charge < -0.3 is 5.11 Å². The van der Waals surface area contributed by atoms with Crippen molar-refractivity contribution in [2.75, 3.05) is 13.1 Å². The fraction of sp³-hybridized carbons (Fsp3) is 0.769. The maximum absolute atomic E-state index is 10.9. The van der Waals surface area contributed by atoms with Gasteiger partial charge in [0, 0.05) is 13.1 Å². The molecular weight excluding hydrogens is 244 g/mol. The molecule has 0 fully saturated rings. The zero-order valence-electron chi connectivity index (χ0n) is 12.2. The van der Waals surface area contributed by atoms with Gasteiger partial charge in [-0.05, 0) is 11.8 Å². The summed E-state index contributed by atoms with van der Waals surface area (Å²) >= 11 is 0. The molecule has 0 atom stereocenters. The Bertz CT molecular complexity index is 401. The van der Waals surface area contributed by atoms with E-state index in [1.54, 1.807) is 0 Å². The minimum Gasteiger partial charge on any atom is -0.480 e. The van der Waals surface area contributed by atoms with Crippen LogP contribution in [-0.4, -0.2) is 43.8 Å². The topological polar surface area (TPSA) is 71.2 Å². The largest absolute Gasteiger partial charge is 0.480 e. The van der Waals surface area contributed by atoms with Gasteiger partial charge in [-0.1, -0.05) is 27.7 Å². The Morgan fingerprint density at radius 2 is 2.05 bits per heavy atom. The number of hydrogen-bond acceptors (Lipinski definition) is 4. The molecular formula is C13H24N4O2. The Morgan fingerprint density at radius 1 is 1.37 bits per heavy atom. The van der Waals surface area contributed by atoms with Crippen LogP contribution in [0.1, 0.15) is 33.5 Å². The summed E-state index contributed by atoms with van der Waals surface area (Å²) in [5, 5.41) is 13.2. The van der Waals surface area contributed by atoms with E-state index in [1.807, 2.05) is 9.58 Å². The molecule has 6 heteroatoms. The Hall–Kier alpha value is -1.43. The van der Waals surface area contributed by atoms with E-state index in [4.69, 9.17) is 5.11 Å². The molecule has 0 saturated heterocycles. The SMILES string of the molecule is CC(C)CN(CC(=O)O)Cc1ncnn1CC(C)C. The monoisotopic (exact) mass is 268 g/mol. The predicted octanol–water partition coefficient (Wildman–Crippen LogP) is 1.48. The lowest BCUT2D eigenvalue weighted by Gasteiger charge is -2.22. The quantitative estimate of drug-likeness (QED) is 0.773. The third-order valence-corrected chi connectivity index (χ3v) is 2.58. The van der Waals surface area contributed by atoms with Crippen LogP contribution in [-0.2, 0) is 17.9 Å². The van der Waals surface area contributed by atoms with Gasteiger partial charge in [-0.3, -0.25) is 9.69 Å². The van der Waals surface area contributed by atoms with E-state index in [9.17, 15) is 4.79 Å². The van der Waals surface area contributed by atoms with Gasteiger partial charge in [0.05, 0.1) is 13.1 Å². The van der Waals surface area contributed by atoms with Gasteiger partial charge >= 0.3 is 5.97 Å². The summed E-state index contributed by atoms with van der Waals surface area (Å²) in [6, 6.07) is 0. The van der Waals surface area contributed by atoms with Crippen molar-refractivity contribution in [3.8, 4) is 0 Å². The highest BCUT2D eigenvalue weighted by Gasteiger charge is 2.15. The maximum atomic E-state index is 10.9. The molecule has 0 aliphatic heterocycles. The smallest absolute Gasteiger partial charge is 0.317 e. The van der Waals surface area contributed by atoms with E-state index in [2.05, 4.69) is 37.8 Å². The van der Waals surface area contributed by atoms with Crippen molar-refractivity contribution in [2.24, 2.45) is 11.8 Å². The molecule has 19 heavy (non-hydrogen) atoms. The zero-order valence-corrected chi connectivity index (χ0v) is 12.2. The zero-order chi connectivity index (χ0) is 14.4. The molecule has 0 radical (unpaired) electrons. The average Bonchev–Trinajstić information content (AvgIpc) is 2.62. The summed E-state index contributed by atoms with van der Waals surface area (Å²) in [6.45, 7) is 10.5. The summed E-state index contributed by atoms with van der Waals surface area (Å²) in [5.41, 5.74) is 0. The van der Waals surface area contributed by atoms with Crippen LogP contribution in [0.5, 0.6) is 0 Å². The number of nitrogens with zero attached hydrogens (tertiary/aromatic N) is 4. The predicted molar refractivity (Wildman–Crippen MR) is 72.6 cm³/mol. The second kappa shape index (κ2) is 7.23. The molecule has 0 amide bonds. The van der Waals surface area contributed by atoms with Crippen LogP contribution >= 0.6 is 0 Å². The highest BCUT2D eigenvalue weighted by molar-refractivity contribution is 5.69. The number of carboxylic acid groups (broad SMARTS) is 1. The Morgan fingerprint density at radius 3 is 2.58 bits per heavy atom. The van der Waals surface area contributed by atoms with Crippen molar-refractivity contribution in [3.05, 3.63) is 12.2 Å². The Balaban J connectivity index is 2.72. The third-order valence-electron chi connectivity index (χ3n) is 2.58. The van der Waals surface area contributed by atoms with E-state index in [-0.39, 0.29) is 6.54 Å². The Labute approximate surface area is 114 Å². The molecule has 0 spiro atoms. The summed E-state index contributed by atoms with van der Waals surface area (Å²) in [7, 11) is 0. The lowest BCUT2D eigenvalue weighted by Crippen LogP contribution is -2.33. The summed E-state index contributed by atoms with van der Waals surface area (Å²) in [6.07, 6.45) is 1.53. The second-order valence-corrected chi connectivity index (χ2v) is 5.71. The van der Waals surface area contributed by atoms with Crippen LogP contribution in [0.2, 0.25) is 0 Å².